The number of phenols is 1. The second-order valence-corrected chi connectivity index (χ2v) is 3.34. The number of carbonyl (C=O) groups is 1. The second-order valence-electron chi connectivity index (χ2n) is 3.34. The fourth-order valence-electron chi connectivity index (χ4n) is 1.20. The SMILES string of the molecule is CC(=O)NCC=Cc1ccc([N+](=O)[O-])c(O)c1. The van der Waals surface area contributed by atoms with Crippen LogP contribution in [0.1, 0.15) is 12.5 Å². The summed E-state index contributed by atoms with van der Waals surface area (Å²) in [5.74, 6) is -0.516. The predicted octanol–water partition coefficient (Wildman–Crippen LogP) is 1.45. The first-order valence-corrected chi connectivity index (χ1v) is 4.89. The van der Waals surface area contributed by atoms with Gasteiger partial charge in [-0.05, 0) is 17.7 Å². The van der Waals surface area contributed by atoms with Crippen LogP contribution in [-0.2, 0) is 4.79 Å². The molecule has 0 spiro atoms. The van der Waals surface area contributed by atoms with Gasteiger partial charge in [0, 0.05) is 19.5 Å². The molecule has 90 valence electrons. The molecular formula is C11H12N2O4. The fraction of sp³-hybridized carbons (Fsp3) is 0.182. The zero-order valence-electron chi connectivity index (χ0n) is 9.21. The molecule has 0 saturated carbocycles. The number of hydrogen-bond acceptors (Lipinski definition) is 4. The number of amides is 1. The van der Waals surface area contributed by atoms with Gasteiger partial charge in [-0.3, -0.25) is 14.9 Å². The van der Waals surface area contributed by atoms with Gasteiger partial charge in [-0.2, -0.15) is 0 Å². The van der Waals surface area contributed by atoms with E-state index >= 15 is 0 Å². The molecule has 6 nitrogen and oxygen atoms in total. The van der Waals surface area contributed by atoms with Gasteiger partial charge in [-0.25, -0.2) is 0 Å². The summed E-state index contributed by atoms with van der Waals surface area (Å²) in [4.78, 5) is 20.4. The number of rotatable bonds is 4. The highest BCUT2D eigenvalue weighted by atomic mass is 16.6. The van der Waals surface area contributed by atoms with Crippen LogP contribution in [-0.4, -0.2) is 22.5 Å². The first-order valence-electron chi connectivity index (χ1n) is 4.89. The van der Waals surface area contributed by atoms with Gasteiger partial charge in [0.2, 0.25) is 5.91 Å². The van der Waals surface area contributed by atoms with Crippen LogP contribution < -0.4 is 5.32 Å². The van der Waals surface area contributed by atoms with Gasteiger partial charge in [0.15, 0.2) is 5.75 Å². The zero-order valence-corrected chi connectivity index (χ0v) is 9.21. The summed E-state index contributed by atoms with van der Waals surface area (Å²) in [6, 6.07) is 4.04. The lowest BCUT2D eigenvalue weighted by molar-refractivity contribution is -0.385. The lowest BCUT2D eigenvalue weighted by Crippen LogP contribution is -2.19. The number of nitrogens with zero attached hydrogens (tertiary/aromatic N) is 1. The average molecular weight is 236 g/mol. The molecule has 0 unspecified atom stereocenters. The Kier molecular flexibility index (Phi) is 4.21. The van der Waals surface area contributed by atoms with Crippen LogP contribution in [0.2, 0.25) is 0 Å². The minimum absolute atomic E-state index is 0.138. The molecule has 0 saturated heterocycles. The van der Waals surface area contributed by atoms with E-state index < -0.39 is 4.92 Å². The molecule has 1 aromatic rings. The molecule has 0 aliphatic carbocycles. The summed E-state index contributed by atoms with van der Waals surface area (Å²) < 4.78 is 0. The molecule has 17 heavy (non-hydrogen) atoms. The second kappa shape index (κ2) is 5.64. The minimum Gasteiger partial charge on any atom is -0.502 e. The number of benzene rings is 1. The molecule has 0 atom stereocenters. The van der Waals surface area contributed by atoms with E-state index in [-0.39, 0.29) is 17.3 Å². The Hall–Kier alpha value is -2.37. The first kappa shape index (κ1) is 12.7. The quantitative estimate of drug-likeness (QED) is 0.611. The summed E-state index contributed by atoms with van der Waals surface area (Å²) in [7, 11) is 0. The highest BCUT2D eigenvalue weighted by Crippen LogP contribution is 2.26. The number of carbonyl (C=O) groups excluding carboxylic acids is 1. The molecule has 0 aromatic heterocycles. The summed E-state index contributed by atoms with van der Waals surface area (Å²) in [5, 5.41) is 22.4. The van der Waals surface area contributed by atoms with Crippen LogP contribution >= 0.6 is 0 Å². The van der Waals surface area contributed by atoms with Crippen molar-refractivity contribution >= 4 is 17.7 Å². The van der Waals surface area contributed by atoms with Crippen molar-refractivity contribution in [1.29, 1.82) is 0 Å². The molecule has 0 fully saturated rings. The third kappa shape index (κ3) is 3.94. The van der Waals surface area contributed by atoms with Crippen LogP contribution in [0.4, 0.5) is 5.69 Å². The molecule has 2 N–H and O–H groups in total. The van der Waals surface area contributed by atoms with Gasteiger partial charge in [0.25, 0.3) is 0 Å². The number of nitro benzene ring substituents is 1. The van der Waals surface area contributed by atoms with Gasteiger partial charge >= 0.3 is 5.69 Å². The van der Waals surface area contributed by atoms with Gasteiger partial charge < -0.3 is 10.4 Å². The minimum atomic E-state index is -0.653. The topological polar surface area (TPSA) is 92.5 Å². The zero-order chi connectivity index (χ0) is 12.8. The highest BCUT2D eigenvalue weighted by molar-refractivity contribution is 5.73. The van der Waals surface area contributed by atoms with E-state index in [1.807, 2.05) is 0 Å². The molecule has 0 aliphatic rings. The smallest absolute Gasteiger partial charge is 0.310 e. The Labute approximate surface area is 97.7 Å². The Morgan fingerprint density at radius 2 is 2.29 bits per heavy atom. The number of hydrogen-bond donors (Lipinski definition) is 2. The largest absolute Gasteiger partial charge is 0.502 e. The van der Waals surface area contributed by atoms with E-state index in [1.54, 1.807) is 12.2 Å². The van der Waals surface area contributed by atoms with Crippen LogP contribution in [0.3, 0.4) is 0 Å². The highest BCUT2D eigenvalue weighted by Gasteiger charge is 2.11. The maximum absolute atomic E-state index is 10.6. The fourth-order valence-corrected chi connectivity index (χ4v) is 1.20. The van der Waals surface area contributed by atoms with Crippen LogP contribution in [0.15, 0.2) is 24.3 Å². The Morgan fingerprint density at radius 1 is 1.59 bits per heavy atom. The van der Waals surface area contributed by atoms with Crippen LogP contribution in [0, 0.1) is 10.1 Å². The molecule has 1 amide bonds. The van der Waals surface area contributed by atoms with Crippen molar-refractivity contribution in [2.24, 2.45) is 0 Å². The molecule has 6 heteroatoms. The number of phenolic OH excluding ortho intramolecular Hbond substituents is 1. The normalized spacial score (nSPS) is 10.4. The van der Waals surface area contributed by atoms with E-state index in [9.17, 15) is 20.0 Å². The molecule has 0 radical (unpaired) electrons. The third-order valence-electron chi connectivity index (χ3n) is 1.98. The van der Waals surface area contributed by atoms with E-state index in [0.29, 0.717) is 12.1 Å². The molecule has 1 aromatic carbocycles. The van der Waals surface area contributed by atoms with Crippen molar-refractivity contribution in [2.45, 2.75) is 6.92 Å². The Balaban J connectivity index is 2.70. The first-order chi connectivity index (χ1) is 8.00. The van der Waals surface area contributed by atoms with E-state index in [2.05, 4.69) is 5.32 Å². The van der Waals surface area contributed by atoms with E-state index in [4.69, 9.17) is 0 Å². The molecule has 0 aliphatic heterocycles. The van der Waals surface area contributed by atoms with Crippen LogP contribution in [0.25, 0.3) is 6.08 Å². The Morgan fingerprint density at radius 3 is 2.82 bits per heavy atom. The van der Waals surface area contributed by atoms with Crippen molar-refractivity contribution in [3.8, 4) is 5.75 Å². The van der Waals surface area contributed by atoms with Crippen molar-refractivity contribution < 1.29 is 14.8 Å². The number of aromatic hydroxyl groups is 1. The summed E-state index contributed by atoms with van der Waals surface area (Å²) in [6.07, 6.45) is 3.33. The van der Waals surface area contributed by atoms with Gasteiger partial charge in [0.1, 0.15) is 0 Å². The van der Waals surface area contributed by atoms with Crippen molar-refractivity contribution in [3.63, 3.8) is 0 Å². The summed E-state index contributed by atoms with van der Waals surface area (Å²) in [5.41, 5.74) is 0.294. The van der Waals surface area contributed by atoms with Gasteiger partial charge in [-0.15, -0.1) is 0 Å². The lowest BCUT2D eigenvalue weighted by atomic mass is 10.2. The maximum Gasteiger partial charge on any atom is 0.310 e. The van der Waals surface area contributed by atoms with Gasteiger partial charge in [-0.1, -0.05) is 12.2 Å². The number of nitro groups is 1. The van der Waals surface area contributed by atoms with Gasteiger partial charge in [0.05, 0.1) is 4.92 Å². The summed E-state index contributed by atoms with van der Waals surface area (Å²) >= 11 is 0. The van der Waals surface area contributed by atoms with Crippen molar-refractivity contribution in [2.75, 3.05) is 6.54 Å². The Bertz CT molecular complexity index is 469. The van der Waals surface area contributed by atoms with Crippen molar-refractivity contribution in [3.05, 3.63) is 40.0 Å². The maximum atomic E-state index is 10.6. The monoisotopic (exact) mass is 236 g/mol. The molecular weight excluding hydrogens is 224 g/mol. The molecule has 0 heterocycles. The molecule has 1 rings (SSSR count). The van der Waals surface area contributed by atoms with Crippen LogP contribution in [0.5, 0.6) is 5.75 Å². The summed E-state index contributed by atoms with van der Waals surface area (Å²) in [6.45, 7) is 1.78. The van der Waals surface area contributed by atoms with E-state index in [0.717, 1.165) is 0 Å². The molecule has 0 bridgehead atoms. The third-order valence-corrected chi connectivity index (χ3v) is 1.98. The number of nitrogens with one attached hydrogen (secondary N) is 1. The average Bonchev–Trinajstić information content (AvgIpc) is 2.23. The van der Waals surface area contributed by atoms with E-state index in [1.165, 1.54) is 25.1 Å². The standard InChI is InChI=1S/C11H12N2O4/c1-8(14)12-6-2-3-9-4-5-10(13(16)17)11(15)7-9/h2-5,7,15H,6H2,1H3,(H,12,14). The predicted molar refractivity (Wildman–Crippen MR) is 62.5 cm³/mol. The van der Waals surface area contributed by atoms with Crippen molar-refractivity contribution in [1.82, 2.24) is 5.32 Å². The lowest BCUT2D eigenvalue weighted by Gasteiger charge is -1.98.